The molecule has 2 heterocycles. The van der Waals surface area contributed by atoms with Crippen molar-refractivity contribution < 1.29 is 18.7 Å². The molecule has 1 aromatic carbocycles. The summed E-state index contributed by atoms with van der Waals surface area (Å²) in [4.78, 5) is 29.9. The molecule has 3 aromatic rings. The zero-order valence-electron chi connectivity index (χ0n) is 15.8. The van der Waals surface area contributed by atoms with Crippen LogP contribution in [0.5, 0.6) is 0 Å². The Morgan fingerprint density at radius 3 is 2.83 bits per heavy atom. The maximum Gasteiger partial charge on any atom is 0.342 e. The number of aryl methyl sites for hydroxylation is 2. The fraction of sp³-hybridized carbons (Fsp3) is 0.238. The van der Waals surface area contributed by atoms with Crippen LogP contribution in [0.25, 0.3) is 10.9 Å². The van der Waals surface area contributed by atoms with Gasteiger partial charge in [-0.3, -0.25) is 15.1 Å². The van der Waals surface area contributed by atoms with E-state index >= 15 is 0 Å². The number of esters is 1. The summed E-state index contributed by atoms with van der Waals surface area (Å²) in [6, 6.07) is 7.12. The molecule has 0 fully saturated rings. The van der Waals surface area contributed by atoms with Crippen molar-refractivity contribution in [3.63, 3.8) is 0 Å². The summed E-state index contributed by atoms with van der Waals surface area (Å²) < 4.78 is 10.2. The summed E-state index contributed by atoms with van der Waals surface area (Å²) in [6.07, 6.45) is 2.43. The first kappa shape index (κ1) is 19.0. The summed E-state index contributed by atoms with van der Waals surface area (Å²) in [5.41, 5.74) is 2.81. The van der Waals surface area contributed by atoms with E-state index in [1.807, 2.05) is 6.07 Å². The maximum absolute atomic E-state index is 13.3. The largest absolute Gasteiger partial charge is 0.465 e. The Balaban J connectivity index is 1.83. The summed E-state index contributed by atoms with van der Waals surface area (Å²) in [6.45, 7) is 1.53. The first-order chi connectivity index (χ1) is 13.9. The number of hydrogen-bond donors (Lipinski definition) is 1. The van der Waals surface area contributed by atoms with Gasteiger partial charge in [0.05, 0.1) is 18.2 Å². The zero-order chi connectivity index (χ0) is 20.7. The SMILES string of the molecule is COC(=O)c1c(C)oc(NC(=O)c2c3c(nc4ccc(Cl)cc24)CCC3)c1C#N. The van der Waals surface area contributed by atoms with Gasteiger partial charge >= 0.3 is 5.97 Å². The topological polar surface area (TPSA) is 105 Å². The van der Waals surface area contributed by atoms with Gasteiger partial charge in [0, 0.05) is 16.1 Å². The second kappa shape index (κ2) is 7.22. The number of furan rings is 1. The molecule has 4 rings (SSSR count). The molecule has 0 radical (unpaired) electrons. The van der Waals surface area contributed by atoms with Crippen LogP contribution in [0.4, 0.5) is 5.88 Å². The van der Waals surface area contributed by atoms with Crippen molar-refractivity contribution in [1.82, 2.24) is 4.98 Å². The van der Waals surface area contributed by atoms with Crippen molar-refractivity contribution >= 4 is 40.3 Å². The number of nitrogens with zero attached hydrogens (tertiary/aromatic N) is 2. The van der Waals surface area contributed by atoms with Crippen molar-refractivity contribution in [2.45, 2.75) is 26.2 Å². The van der Waals surface area contributed by atoms with E-state index in [4.69, 9.17) is 20.8 Å². The highest BCUT2D eigenvalue weighted by Crippen LogP contribution is 2.33. The highest BCUT2D eigenvalue weighted by atomic mass is 35.5. The van der Waals surface area contributed by atoms with Gasteiger partial charge in [0.1, 0.15) is 23.0 Å². The van der Waals surface area contributed by atoms with E-state index in [0.29, 0.717) is 21.5 Å². The number of carbonyl (C=O) groups is 2. The number of aromatic nitrogens is 1. The number of amides is 1. The Morgan fingerprint density at radius 1 is 1.31 bits per heavy atom. The van der Waals surface area contributed by atoms with E-state index in [-0.39, 0.29) is 22.8 Å². The van der Waals surface area contributed by atoms with E-state index in [9.17, 15) is 14.9 Å². The number of ether oxygens (including phenoxy) is 1. The molecule has 7 nitrogen and oxygen atoms in total. The molecule has 1 aliphatic rings. The van der Waals surface area contributed by atoms with Gasteiger partial charge in [-0.1, -0.05) is 11.6 Å². The number of carbonyl (C=O) groups excluding carboxylic acids is 2. The number of nitrogens with one attached hydrogen (secondary N) is 1. The predicted molar refractivity (Wildman–Crippen MR) is 106 cm³/mol. The monoisotopic (exact) mass is 409 g/mol. The number of methoxy groups -OCH3 is 1. The second-order valence-corrected chi connectivity index (χ2v) is 7.16. The Kier molecular flexibility index (Phi) is 4.73. The van der Waals surface area contributed by atoms with Gasteiger partial charge in [-0.05, 0) is 49.9 Å². The number of rotatable bonds is 3. The Labute approximate surface area is 171 Å². The van der Waals surface area contributed by atoms with Gasteiger partial charge in [-0.15, -0.1) is 0 Å². The van der Waals surface area contributed by atoms with Crippen molar-refractivity contribution in [1.29, 1.82) is 5.26 Å². The molecule has 0 bridgehead atoms. The molecule has 0 aliphatic heterocycles. The number of nitriles is 1. The molecule has 0 saturated carbocycles. The quantitative estimate of drug-likeness (QED) is 0.650. The van der Waals surface area contributed by atoms with Crippen molar-refractivity contribution in [2.75, 3.05) is 12.4 Å². The Hall–Kier alpha value is -3.37. The van der Waals surface area contributed by atoms with Crippen LogP contribution in [0.15, 0.2) is 22.6 Å². The van der Waals surface area contributed by atoms with Crippen LogP contribution in [0.2, 0.25) is 5.02 Å². The Morgan fingerprint density at radius 2 is 2.10 bits per heavy atom. The molecular formula is C21H16ClN3O4. The van der Waals surface area contributed by atoms with E-state index in [1.165, 1.54) is 14.0 Å². The zero-order valence-corrected chi connectivity index (χ0v) is 16.5. The molecule has 1 aliphatic carbocycles. The minimum absolute atomic E-state index is 0.00170. The molecule has 2 aromatic heterocycles. The molecule has 0 atom stereocenters. The lowest BCUT2D eigenvalue weighted by Crippen LogP contribution is -2.16. The van der Waals surface area contributed by atoms with Gasteiger partial charge in [0.25, 0.3) is 5.91 Å². The van der Waals surface area contributed by atoms with E-state index in [1.54, 1.807) is 18.2 Å². The van der Waals surface area contributed by atoms with Crippen LogP contribution < -0.4 is 5.32 Å². The fourth-order valence-corrected chi connectivity index (χ4v) is 3.92. The van der Waals surface area contributed by atoms with Crippen molar-refractivity contribution in [3.05, 3.63) is 56.9 Å². The molecule has 0 spiro atoms. The van der Waals surface area contributed by atoms with Gasteiger partial charge < -0.3 is 9.15 Å². The van der Waals surface area contributed by atoms with Gasteiger partial charge in [-0.25, -0.2) is 4.79 Å². The van der Waals surface area contributed by atoms with E-state index in [2.05, 4.69) is 10.3 Å². The van der Waals surface area contributed by atoms with E-state index < -0.39 is 11.9 Å². The van der Waals surface area contributed by atoms with Crippen LogP contribution in [0.1, 0.15) is 49.7 Å². The standard InChI is InChI=1S/C21H16ClN3O4/c1-10-17(21(27)28-2)14(9-23)20(29-10)25-19(26)18-12-4-3-5-15(12)24-16-7-6-11(22)8-13(16)18/h6-8H,3-5H2,1-2H3,(H,25,26). The smallest absolute Gasteiger partial charge is 0.342 e. The molecule has 0 saturated heterocycles. The molecular weight excluding hydrogens is 394 g/mol. The van der Waals surface area contributed by atoms with Crippen molar-refractivity contribution in [2.24, 2.45) is 0 Å². The van der Waals surface area contributed by atoms with Crippen LogP contribution in [-0.4, -0.2) is 24.0 Å². The highest BCUT2D eigenvalue weighted by molar-refractivity contribution is 6.31. The number of pyridine rings is 1. The lowest BCUT2D eigenvalue weighted by atomic mass is 10.0. The van der Waals surface area contributed by atoms with Gasteiger partial charge in [-0.2, -0.15) is 5.26 Å². The average molecular weight is 410 g/mol. The molecule has 29 heavy (non-hydrogen) atoms. The molecule has 8 heteroatoms. The van der Waals surface area contributed by atoms with Gasteiger partial charge in [0.15, 0.2) is 0 Å². The molecule has 1 N–H and O–H groups in total. The highest BCUT2D eigenvalue weighted by Gasteiger charge is 2.28. The fourth-order valence-electron chi connectivity index (χ4n) is 3.75. The minimum atomic E-state index is -0.703. The summed E-state index contributed by atoms with van der Waals surface area (Å²) in [5.74, 6) is -1.05. The third kappa shape index (κ3) is 3.12. The predicted octanol–water partition coefficient (Wildman–Crippen LogP) is 4.19. The maximum atomic E-state index is 13.3. The number of hydrogen-bond acceptors (Lipinski definition) is 6. The molecule has 0 unspecified atom stereocenters. The second-order valence-electron chi connectivity index (χ2n) is 6.72. The number of anilines is 1. The van der Waals surface area contributed by atoms with Crippen LogP contribution in [0, 0.1) is 18.3 Å². The third-order valence-electron chi connectivity index (χ3n) is 5.01. The summed E-state index contributed by atoms with van der Waals surface area (Å²) >= 11 is 6.16. The average Bonchev–Trinajstić information content (AvgIpc) is 3.28. The Bertz CT molecular complexity index is 1220. The number of fused-ring (bicyclic) bond motifs is 2. The minimum Gasteiger partial charge on any atom is -0.465 e. The molecule has 1 amide bonds. The normalized spacial score (nSPS) is 12.5. The van der Waals surface area contributed by atoms with Crippen LogP contribution in [-0.2, 0) is 17.6 Å². The van der Waals surface area contributed by atoms with E-state index in [0.717, 1.165) is 30.5 Å². The summed E-state index contributed by atoms with van der Waals surface area (Å²) in [5, 5.41) is 13.3. The number of benzene rings is 1. The lowest BCUT2D eigenvalue weighted by Gasteiger charge is -2.12. The third-order valence-corrected chi connectivity index (χ3v) is 5.25. The van der Waals surface area contributed by atoms with Crippen LogP contribution >= 0.6 is 11.6 Å². The first-order valence-corrected chi connectivity index (χ1v) is 9.36. The van der Waals surface area contributed by atoms with Crippen LogP contribution in [0.3, 0.4) is 0 Å². The lowest BCUT2D eigenvalue weighted by molar-refractivity contribution is 0.0598. The molecule has 146 valence electrons. The van der Waals surface area contributed by atoms with Crippen molar-refractivity contribution in [3.8, 4) is 6.07 Å². The number of halogens is 1. The first-order valence-electron chi connectivity index (χ1n) is 8.98. The summed E-state index contributed by atoms with van der Waals surface area (Å²) in [7, 11) is 1.21. The van der Waals surface area contributed by atoms with Gasteiger partial charge in [0.2, 0.25) is 5.88 Å².